The number of rotatable bonds is 8. The molecule has 0 saturated heterocycles. The zero-order valence-electron chi connectivity index (χ0n) is 11.8. The van der Waals surface area contributed by atoms with Crippen LogP contribution < -0.4 is 10.1 Å². The molecule has 0 aromatic heterocycles. The lowest BCUT2D eigenvalue weighted by atomic mass is 10.3. The molecule has 0 heterocycles. The smallest absolute Gasteiger partial charge is 0.303 e. The molecular formula is C14H20N2O4. The second-order valence-corrected chi connectivity index (χ2v) is 4.52. The molecule has 0 saturated carbocycles. The third kappa shape index (κ3) is 6.19. The van der Waals surface area contributed by atoms with Crippen LogP contribution in [-0.2, 0) is 9.59 Å². The Bertz CT molecular complexity index is 462. The van der Waals surface area contributed by atoms with Crippen molar-refractivity contribution in [1.29, 1.82) is 0 Å². The van der Waals surface area contributed by atoms with Crippen molar-refractivity contribution in [3.8, 4) is 5.75 Å². The summed E-state index contributed by atoms with van der Waals surface area (Å²) in [7, 11) is 3.35. The number of carbonyl (C=O) groups excluding carboxylic acids is 1. The molecule has 6 heteroatoms. The van der Waals surface area contributed by atoms with Crippen LogP contribution in [0.25, 0.3) is 0 Å². The van der Waals surface area contributed by atoms with Gasteiger partial charge in [0, 0.05) is 18.2 Å². The van der Waals surface area contributed by atoms with Gasteiger partial charge in [-0.3, -0.25) is 14.5 Å². The molecule has 0 aliphatic heterocycles. The van der Waals surface area contributed by atoms with Crippen LogP contribution in [0, 0.1) is 0 Å². The number of carboxylic acids is 1. The molecule has 2 N–H and O–H groups in total. The molecule has 0 bridgehead atoms. The summed E-state index contributed by atoms with van der Waals surface area (Å²) >= 11 is 0. The minimum Gasteiger partial charge on any atom is -0.497 e. The summed E-state index contributed by atoms with van der Waals surface area (Å²) in [4.78, 5) is 24.0. The van der Waals surface area contributed by atoms with E-state index >= 15 is 0 Å². The lowest BCUT2D eigenvalue weighted by Gasteiger charge is -2.15. The van der Waals surface area contributed by atoms with E-state index < -0.39 is 5.97 Å². The van der Waals surface area contributed by atoms with Crippen molar-refractivity contribution >= 4 is 17.6 Å². The number of amides is 1. The molecule has 0 aliphatic carbocycles. The highest BCUT2D eigenvalue weighted by atomic mass is 16.5. The Morgan fingerprint density at radius 1 is 1.40 bits per heavy atom. The number of carbonyl (C=O) groups is 2. The molecular weight excluding hydrogens is 260 g/mol. The first kappa shape index (κ1) is 16.0. The van der Waals surface area contributed by atoms with E-state index in [1.807, 2.05) is 0 Å². The standard InChI is InChI=1S/C14H20N2O4/c1-16(8-4-7-14(18)19)10-13(17)15-11-5-3-6-12(9-11)20-2/h3,5-6,9H,4,7-8,10H2,1-2H3,(H,15,17)(H,18,19). The van der Waals surface area contributed by atoms with E-state index in [4.69, 9.17) is 9.84 Å². The highest BCUT2D eigenvalue weighted by molar-refractivity contribution is 5.92. The first-order chi connectivity index (χ1) is 9.51. The number of aliphatic carboxylic acids is 1. The number of anilines is 1. The third-order valence-electron chi connectivity index (χ3n) is 2.70. The quantitative estimate of drug-likeness (QED) is 0.753. The fourth-order valence-corrected chi connectivity index (χ4v) is 1.73. The number of hydrogen-bond acceptors (Lipinski definition) is 4. The summed E-state index contributed by atoms with van der Waals surface area (Å²) in [6.07, 6.45) is 0.639. The van der Waals surface area contributed by atoms with E-state index in [1.165, 1.54) is 0 Å². The van der Waals surface area contributed by atoms with Crippen molar-refractivity contribution in [3.05, 3.63) is 24.3 Å². The van der Waals surface area contributed by atoms with Gasteiger partial charge in [0.15, 0.2) is 0 Å². The summed E-state index contributed by atoms with van der Waals surface area (Å²) in [5, 5.41) is 11.3. The van der Waals surface area contributed by atoms with Crippen LogP contribution in [-0.4, -0.2) is 49.1 Å². The van der Waals surface area contributed by atoms with Gasteiger partial charge < -0.3 is 15.2 Å². The molecule has 6 nitrogen and oxygen atoms in total. The molecule has 20 heavy (non-hydrogen) atoms. The number of ether oxygens (including phenoxy) is 1. The maximum absolute atomic E-state index is 11.8. The lowest BCUT2D eigenvalue weighted by molar-refractivity contribution is -0.137. The van der Waals surface area contributed by atoms with Crippen LogP contribution in [0.4, 0.5) is 5.69 Å². The number of methoxy groups -OCH3 is 1. The van der Waals surface area contributed by atoms with Crippen molar-refractivity contribution in [3.63, 3.8) is 0 Å². The largest absolute Gasteiger partial charge is 0.497 e. The van der Waals surface area contributed by atoms with Gasteiger partial charge in [-0.25, -0.2) is 0 Å². The van der Waals surface area contributed by atoms with Gasteiger partial charge in [-0.05, 0) is 32.1 Å². The van der Waals surface area contributed by atoms with E-state index in [2.05, 4.69) is 5.32 Å². The first-order valence-corrected chi connectivity index (χ1v) is 6.35. The van der Waals surface area contributed by atoms with Crippen LogP contribution in [0.1, 0.15) is 12.8 Å². The summed E-state index contributed by atoms with van der Waals surface area (Å²) in [6.45, 7) is 0.786. The molecule has 0 aliphatic rings. The topological polar surface area (TPSA) is 78.9 Å². The molecule has 0 unspecified atom stereocenters. The first-order valence-electron chi connectivity index (χ1n) is 6.35. The molecule has 1 aromatic carbocycles. The number of carboxylic acid groups (broad SMARTS) is 1. The van der Waals surface area contributed by atoms with Crippen molar-refractivity contribution in [2.45, 2.75) is 12.8 Å². The van der Waals surface area contributed by atoms with Crippen molar-refractivity contribution in [1.82, 2.24) is 4.90 Å². The fraction of sp³-hybridized carbons (Fsp3) is 0.429. The number of nitrogens with zero attached hydrogens (tertiary/aromatic N) is 1. The highest BCUT2D eigenvalue weighted by Gasteiger charge is 2.08. The summed E-state index contributed by atoms with van der Waals surface area (Å²) in [5.74, 6) is -0.284. The Hall–Kier alpha value is -2.08. The SMILES string of the molecule is COc1cccc(NC(=O)CN(C)CCCC(=O)O)c1. The van der Waals surface area contributed by atoms with Gasteiger partial charge in [0.1, 0.15) is 5.75 Å². The van der Waals surface area contributed by atoms with Gasteiger partial charge >= 0.3 is 5.97 Å². The average Bonchev–Trinajstić information content (AvgIpc) is 2.38. The molecule has 0 atom stereocenters. The van der Waals surface area contributed by atoms with Gasteiger partial charge in [-0.2, -0.15) is 0 Å². The van der Waals surface area contributed by atoms with E-state index in [9.17, 15) is 9.59 Å². The van der Waals surface area contributed by atoms with Gasteiger partial charge in [0.05, 0.1) is 13.7 Å². The van der Waals surface area contributed by atoms with Crippen molar-refractivity contribution < 1.29 is 19.4 Å². The predicted molar refractivity (Wildman–Crippen MR) is 76.0 cm³/mol. The molecule has 110 valence electrons. The Labute approximate surface area is 118 Å². The number of nitrogens with one attached hydrogen (secondary N) is 1. The minimum atomic E-state index is -0.820. The molecule has 1 amide bonds. The van der Waals surface area contributed by atoms with Crippen LogP contribution >= 0.6 is 0 Å². The van der Waals surface area contributed by atoms with E-state index in [1.54, 1.807) is 43.3 Å². The monoisotopic (exact) mass is 280 g/mol. The zero-order chi connectivity index (χ0) is 15.0. The normalized spacial score (nSPS) is 10.3. The Balaban J connectivity index is 2.36. The van der Waals surface area contributed by atoms with E-state index in [0.717, 1.165) is 0 Å². The maximum Gasteiger partial charge on any atom is 0.303 e. The fourth-order valence-electron chi connectivity index (χ4n) is 1.73. The van der Waals surface area contributed by atoms with Crippen LogP contribution in [0.15, 0.2) is 24.3 Å². The van der Waals surface area contributed by atoms with Crippen LogP contribution in [0.5, 0.6) is 5.75 Å². The zero-order valence-corrected chi connectivity index (χ0v) is 11.8. The average molecular weight is 280 g/mol. The Morgan fingerprint density at radius 3 is 2.80 bits per heavy atom. The molecule has 1 aromatic rings. The third-order valence-corrected chi connectivity index (χ3v) is 2.70. The van der Waals surface area contributed by atoms with E-state index in [-0.39, 0.29) is 18.9 Å². The molecule has 0 radical (unpaired) electrons. The Morgan fingerprint density at radius 2 is 2.15 bits per heavy atom. The lowest BCUT2D eigenvalue weighted by Crippen LogP contribution is -2.31. The number of hydrogen-bond donors (Lipinski definition) is 2. The molecule has 0 fully saturated rings. The van der Waals surface area contributed by atoms with Gasteiger partial charge in [0.2, 0.25) is 5.91 Å². The van der Waals surface area contributed by atoms with Gasteiger partial charge in [-0.15, -0.1) is 0 Å². The summed E-state index contributed by atoms with van der Waals surface area (Å²) < 4.78 is 5.08. The molecule has 0 spiro atoms. The predicted octanol–water partition coefficient (Wildman–Crippen LogP) is 1.43. The second-order valence-electron chi connectivity index (χ2n) is 4.52. The maximum atomic E-state index is 11.8. The second kappa shape index (κ2) is 8.16. The highest BCUT2D eigenvalue weighted by Crippen LogP contribution is 2.16. The van der Waals surface area contributed by atoms with Crippen molar-refractivity contribution in [2.24, 2.45) is 0 Å². The number of benzene rings is 1. The molecule has 1 rings (SSSR count). The Kier molecular flexibility index (Phi) is 6.52. The van der Waals surface area contributed by atoms with E-state index in [0.29, 0.717) is 24.4 Å². The minimum absolute atomic E-state index is 0.113. The van der Waals surface area contributed by atoms with Crippen LogP contribution in [0.3, 0.4) is 0 Å². The summed E-state index contributed by atoms with van der Waals surface area (Å²) in [6, 6.07) is 7.12. The number of likely N-dealkylation sites (N-methyl/N-ethyl adjacent to an activating group) is 1. The van der Waals surface area contributed by atoms with Crippen LogP contribution in [0.2, 0.25) is 0 Å². The summed E-state index contributed by atoms with van der Waals surface area (Å²) in [5.41, 5.74) is 0.674. The van der Waals surface area contributed by atoms with Gasteiger partial charge in [0.25, 0.3) is 0 Å². The van der Waals surface area contributed by atoms with Crippen molar-refractivity contribution in [2.75, 3.05) is 32.6 Å². The van der Waals surface area contributed by atoms with Gasteiger partial charge in [-0.1, -0.05) is 6.07 Å².